The zero-order valence-electron chi connectivity index (χ0n) is 13.9. The number of carbonyl (C=O) groups excluding carboxylic acids is 2. The minimum absolute atomic E-state index is 0.0559. The molecule has 0 saturated carbocycles. The van der Waals surface area contributed by atoms with Crippen LogP contribution in [0.15, 0.2) is 42.5 Å². The first-order chi connectivity index (χ1) is 12.1. The Morgan fingerprint density at radius 1 is 1.15 bits per heavy atom. The van der Waals surface area contributed by atoms with E-state index >= 15 is 0 Å². The fraction of sp³-hybridized carbons (Fsp3) is 0.222. The van der Waals surface area contributed by atoms with Gasteiger partial charge < -0.3 is 10.1 Å². The van der Waals surface area contributed by atoms with Crippen LogP contribution in [-0.2, 0) is 11.0 Å². The van der Waals surface area contributed by atoms with Gasteiger partial charge >= 0.3 is 6.18 Å². The lowest BCUT2D eigenvalue weighted by molar-refractivity contribution is -0.137. The van der Waals surface area contributed by atoms with Crippen molar-refractivity contribution in [1.82, 2.24) is 0 Å². The third-order valence-electron chi connectivity index (χ3n) is 3.46. The molecule has 0 aliphatic heterocycles. The van der Waals surface area contributed by atoms with E-state index in [1.807, 2.05) is 0 Å². The predicted molar refractivity (Wildman–Crippen MR) is 91.6 cm³/mol. The maximum Gasteiger partial charge on any atom is 0.417 e. The molecule has 0 saturated heterocycles. The van der Waals surface area contributed by atoms with Gasteiger partial charge in [-0.2, -0.15) is 13.2 Å². The van der Waals surface area contributed by atoms with Gasteiger partial charge in [-0.05, 0) is 44.2 Å². The molecule has 2 aromatic rings. The Labute approximate surface area is 152 Å². The Morgan fingerprint density at radius 3 is 2.46 bits per heavy atom. The summed E-state index contributed by atoms with van der Waals surface area (Å²) in [6.07, 6.45) is -5.63. The van der Waals surface area contributed by atoms with Crippen LogP contribution in [0.2, 0.25) is 5.02 Å². The van der Waals surface area contributed by atoms with Gasteiger partial charge in [-0.15, -0.1) is 0 Å². The fourth-order valence-electron chi connectivity index (χ4n) is 2.11. The standard InChI is InChI=1S/C18H15ClF3NO3/c1-10(24)12-4-3-5-14(8-12)26-11(2)17(25)23-13-6-7-16(19)15(9-13)18(20,21)22/h3-9,11H,1-2H3,(H,23,25). The average Bonchev–Trinajstić information content (AvgIpc) is 2.55. The molecule has 0 aromatic heterocycles. The van der Waals surface area contributed by atoms with Crippen LogP contribution in [0.1, 0.15) is 29.8 Å². The molecule has 2 rings (SSSR count). The first-order valence-electron chi connectivity index (χ1n) is 7.53. The molecule has 0 fully saturated rings. The Morgan fingerprint density at radius 2 is 1.85 bits per heavy atom. The molecule has 0 bridgehead atoms. The Kier molecular flexibility index (Phi) is 5.92. The SMILES string of the molecule is CC(=O)c1cccc(OC(C)C(=O)Nc2ccc(Cl)c(C(F)(F)F)c2)c1. The summed E-state index contributed by atoms with van der Waals surface area (Å²) in [5.74, 6) is -0.505. The third kappa shape index (κ3) is 4.98. The van der Waals surface area contributed by atoms with E-state index in [9.17, 15) is 22.8 Å². The number of ketones is 1. The number of hydrogen-bond acceptors (Lipinski definition) is 3. The molecule has 0 spiro atoms. The summed E-state index contributed by atoms with van der Waals surface area (Å²) in [7, 11) is 0. The van der Waals surface area contributed by atoms with Crippen LogP contribution in [-0.4, -0.2) is 17.8 Å². The number of alkyl halides is 3. The quantitative estimate of drug-likeness (QED) is 0.739. The van der Waals surface area contributed by atoms with E-state index in [-0.39, 0.29) is 11.5 Å². The van der Waals surface area contributed by atoms with E-state index < -0.39 is 28.8 Å². The number of carbonyl (C=O) groups is 2. The Balaban J connectivity index is 2.10. The Bertz CT molecular complexity index is 837. The van der Waals surface area contributed by atoms with Gasteiger partial charge in [-0.25, -0.2) is 0 Å². The molecule has 138 valence electrons. The van der Waals surface area contributed by atoms with Crippen LogP contribution in [0.5, 0.6) is 5.75 Å². The largest absolute Gasteiger partial charge is 0.481 e. The monoisotopic (exact) mass is 385 g/mol. The molecule has 1 N–H and O–H groups in total. The van der Waals surface area contributed by atoms with Gasteiger partial charge in [0.25, 0.3) is 5.91 Å². The summed E-state index contributed by atoms with van der Waals surface area (Å²) < 4.78 is 44.0. The van der Waals surface area contributed by atoms with Gasteiger partial charge in [0.05, 0.1) is 10.6 Å². The molecular formula is C18H15ClF3NO3. The summed E-state index contributed by atoms with van der Waals surface area (Å²) in [6, 6.07) is 9.33. The smallest absolute Gasteiger partial charge is 0.417 e. The number of benzene rings is 2. The average molecular weight is 386 g/mol. The van der Waals surface area contributed by atoms with E-state index in [4.69, 9.17) is 16.3 Å². The van der Waals surface area contributed by atoms with Gasteiger partial charge in [0.15, 0.2) is 11.9 Å². The molecule has 4 nitrogen and oxygen atoms in total. The highest BCUT2D eigenvalue weighted by molar-refractivity contribution is 6.31. The van der Waals surface area contributed by atoms with Crippen molar-refractivity contribution in [2.45, 2.75) is 26.1 Å². The van der Waals surface area contributed by atoms with Crippen LogP contribution in [0, 0.1) is 0 Å². The predicted octanol–water partition coefficient (Wildman–Crippen LogP) is 4.97. The third-order valence-corrected chi connectivity index (χ3v) is 3.79. The lowest BCUT2D eigenvalue weighted by Crippen LogP contribution is -2.30. The molecule has 0 radical (unpaired) electrons. The molecule has 1 atom stereocenters. The van der Waals surface area contributed by atoms with Gasteiger partial charge in [0.1, 0.15) is 5.75 Å². The van der Waals surface area contributed by atoms with Crippen molar-refractivity contribution in [1.29, 1.82) is 0 Å². The van der Waals surface area contributed by atoms with E-state index in [0.29, 0.717) is 11.3 Å². The van der Waals surface area contributed by atoms with Crippen molar-refractivity contribution >= 4 is 29.0 Å². The van der Waals surface area contributed by atoms with E-state index in [1.54, 1.807) is 18.2 Å². The van der Waals surface area contributed by atoms with Gasteiger partial charge in [-0.3, -0.25) is 9.59 Å². The molecule has 26 heavy (non-hydrogen) atoms. The lowest BCUT2D eigenvalue weighted by Gasteiger charge is -2.16. The van der Waals surface area contributed by atoms with Crippen LogP contribution in [0.3, 0.4) is 0 Å². The number of hydrogen-bond donors (Lipinski definition) is 1. The molecule has 0 heterocycles. The van der Waals surface area contributed by atoms with Crippen LogP contribution in [0.25, 0.3) is 0 Å². The molecule has 1 unspecified atom stereocenters. The lowest BCUT2D eigenvalue weighted by atomic mass is 10.1. The van der Waals surface area contributed by atoms with E-state index in [0.717, 1.165) is 12.1 Å². The second-order valence-corrected chi connectivity index (χ2v) is 5.93. The summed E-state index contributed by atoms with van der Waals surface area (Å²) in [6.45, 7) is 2.84. The van der Waals surface area contributed by atoms with Crippen molar-refractivity contribution in [3.05, 3.63) is 58.6 Å². The summed E-state index contributed by atoms with van der Waals surface area (Å²) in [4.78, 5) is 23.5. The number of halogens is 4. The number of Topliss-reactive ketones (excluding diaryl/α,β-unsaturated/α-hetero) is 1. The fourth-order valence-corrected chi connectivity index (χ4v) is 2.33. The highest BCUT2D eigenvalue weighted by Gasteiger charge is 2.33. The maximum absolute atomic E-state index is 12.9. The number of rotatable bonds is 5. The van der Waals surface area contributed by atoms with Crippen LogP contribution < -0.4 is 10.1 Å². The minimum Gasteiger partial charge on any atom is -0.481 e. The van der Waals surface area contributed by atoms with Crippen molar-refractivity contribution in [3.8, 4) is 5.75 Å². The zero-order chi connectivity index (χ0) is 19.5. The van der Waals surface area contributed by atoms with Gasteiger partial charge in [0.2, 0.25) is 0 Å². The van der Waals surface area contributed by atoms with Crippen molar-refractivity contribution in [2.75, 3.05) is 5.32 Å². The molecule has 0 aliphatic rings. The molecule has 8 heteroatoms. The second kappa shape index (κ2) is 7.78. The number of anilines is 1. The number of amides is 1. The van der Waals surface area contributed by atoms with E-state index in [2.05, 4.69) is 5.32 Å². The normalized spacial score (nSPS) is 12.4. The van der Waals surface area contributed by atoms with Crippen LogP contribution in [0.4, 0.5) is 18.9 Å². The zero-order valence-corrected chi connectivity index (χ0v) is 14.6. The summed E-state index contributed by atoms with van der Waals surface area (Å²) in [5, 5.41) is 1.89. The minimum atomic E-state index is -4.63. The summed E-state index contributed by atoms with van der Waals surface area (Å²) in [5.41, 5.74) is -0.679. The topological polar surface area (TPSA) is 55.4 Å². The molecule has 1 amide bonds. The van der Waals surface area contributed by atoms with E-state index in [1.165, 1.54) is 26.0 Å². The van der Waals surface area contributed by atoms with Gasteiger partial charge in [-0.1, -0.05) is 23.7 Å². The van der Waals surface area contributed by atoms with Crippen molar-refractivity contribution in [3.63, 3.8) is 0 Å². The molecular weight excluding hydrogens is 371 g/mol. The highest BCUT2D eigenvalue weighted by Crippen LogP contribution is 2.36. The second-order valence-electron chi connectivity index (χ2n) is 5.53. The number of ether oxygens (including phenoxy) is 1. The van der Waals surface area contributed by atoms with Crippen LogP contribution >= 0.6 is 11.6 Å². The maximum atomic E-state index is 12.9. The van der Waals surface area contributed by atoms with Gasteiger partial charge in [0, 0.05) is 11.3 Å². The molecule has 0 aliphatic carbocycles. The number of nitrogens with one attached hydrogen (secondary N) is 1. The van der Waals surface area contributed by atoms with Crippen molar-refractivity contribution in [2.24, 2.45) is 0 Å². The highest BCUT2D eigenvalue weighted by atomic mass is 35.5. The first kappa shape index (κ1) is 19.8. The molecule has 2 aromatic carbocycles. The summed E-state index contributed by atoms with van der Waals surface area (Å²) >= 11 is 5.54. The Hall–Kier alpha value is -2.54. The first-order valence-corrected chi connectivity index (χ1v) is 7.91. The van der Waals surface area contributed by atoms with Crippen molar-refractivity contribution < 1.29 is 27.5 Å².